The lowest BCUT2D eigenvalue weighted by atomic mass is 10.0. The van der Waals surface area contributed by atoms with Gasteiger partial charge in [0.1, 0.15) is 11.9 Å². The Morgan fingerprint density at radius 1 is 1.33 bits per heavy atom. The van der Waals surface area contributed by atoms with Crippen molar-refractivity contribution in [3.63, 3.8) is 0 Å². The summed E-state index contributed by atoms with van der Waals surface area (Å²) in [6.07, 6.45) is 5.31. The number of carbonyl (C=O) groups excluding carboxylic acids is 2. The lowest BCUT2D eigenvalue weighted by Gasteiger charge is -2.24. The molecule has 0 saturated carbocycles. The second-order valence-electron chi connectivity index (χ2n) is 5.68. The average Bonchev–Trinajstić information content (AvgIpc) is 2.42. The first-order chi connectivity index (χ1) is 9.97. The first-order valence-corrected chi connectivity index (χ1v) is 7.12. The van der Waals surface area contributed by atoms with Crippen LogP contribution in [0, 0.1) is 12.8 Å². The molecule has 0 spiro atoms. The van der Waals surface area contributed by atoms with Gasteiger partial charge in [-0.05, 0) is 25.7 Å². The molecule has 0 bridgehead atoms. The van der Waals surface area contributed by atoms with E-state index in [1.54, 1.807) is 6.92 Å². The van der Waals surface area contributed by atoms with Crippen LogP contribution in [0.5, 0.6) is 0 Å². The number of rotatable bonds is 1. The fraction of sp³-hybridized carbons (Fsp3) is 0.467. The van der Waals surface area contributed by atoms with Gasteiger partial charge in [0.2, 0.25) is 11.8 Å². The molecule has 3 rings (SSSR count). The van der Waals surface area contributed by atoms with Crippen LogP contribution in [0.15, 0.2) is 4.79 Å². The van der Waals surface area contributed by atoms with Crippen LogP contribution in [0.4, 0.5) is 0 Å². The van der Waals surface area contributed by atoms with Crippen molar-refractivity contribution in [2.75, 3.05) is 0 Å². The zero-order valence-electron chi connectivity index (χ0n) is 12.0. The third kappa shape index (κ3) is 2.30. The molecule has 2 unspecified atom stereocenters. The van der Waals surface area contributed by atoms with Gasteiger partial charge in [0.25, 0.3) is 5.56 Å². The monoisotopic (exact) mass is 287 g/mol. The minimum Gasteiger partial charge on any atom is -0.295 e. The van der Waals surface area contributed by atoms with E-state index in [0.29, 0.717) is 22.8 Å². The Bertz CT molecular complexity index is 807. The molecule has 2 aliphatic rings. The van der Waals surface area contributed by atoms with Gasteiger partial charge in [0.05, 0.1) is 10.6 Å². The Hall–Kier alpha value is -2.24. The van der Waals surface area contributed by atoms with E-state index in [9.17, 15) is 14.4 Å². The van der Waals surface area contributed by atoms with Gasteiger partial charge >= 0.3 is 0 Å². The summed E-state index contributed by atoms with van der Waals surface area (Å²) in [5.41, 5.74) is -0.199. The largest absolute Gasteiger partial charge is 0.295 e. The molecule has 1 fully saturated rings. The number of imide groups is 1. The van der Waals surface area contributed by atoms with Crippen molar-refractivity contribution in [1.29, 1.82) is 0 Å². The van der Waals surface area contributed by atoms with Crippen LogP contribution in [0.1, 0.15) is 38.1 Å². The standard InChI is InChI=1S/C15H17N3O3/c1-8-3-4-11-10(7-8)15(21)18(9(2)16-11)12-5-6-13(19)17-14(12)20/h4,7-8,12H,3,5-6H2,1-2H3,(H,17,19,20). The van der Waals surface area contributed by atoms with Crippen molar-refractivity contribution >= 4 is 24.0 Å². The van der Waals surface area contributed by atoms with Crippen molar-refractivity contribution in [3.8, 4) is 0 Å². The summed E-state index contributed by atoms with van der Waals surface area (Å²) in [6, 6.07) is -0.654. The summed E-state index contributed by atoms with van der Waals surface area (Å²) in [5, 5.41) is 3.54. The smallest absolute Gasteiger partial charge is 0.261 e. The van der Waals surface area contributed by atoms with E-state index >= 15 is 0 Å². The second-order valence-corrected chi connectivity index (χ2v) is 5.68. The van der Waals surface area contributed by atoms with E-state index in [1.165, 1.54) is 4.57 Å². The number of piperidine rings is 1. The molecule has 2 atom stereocenters. The van der Waals surface area contributed by atoms with Crippen molar-refractivity contribution in [3.05, 3.63) is 26.7 Å². The Balaban J connectivity index is 2.19. The fourth-order valence-corrected chi connectivity index (χ4v) is 2.93. The molecule has 1 aromatic heterocycles. The molecule has 1 aliphatic carbocycles. The SMILES string of the molecule is Cc1nc2c(c(=O)n1C1CCC(=O)NC1=O)=CC(C)CC=2. The Kier molecular flexibility index (Phi) is 3.23. The number of carbonyl (C=O) groups is 2. The van der Waals surface area contributed by atoms with Crippen LogP contribution in [-0.2, 0) is 9.59 Å². The molecular weight excluding hydrogens is 270 g/mol. The number of hydrogen-bond donors (Lipinski definition) is 1. The van der Waals surface area contributed by atoms with Crippen LogP contribution in [0.2, 0.25) is 0 Å². The highest BCUT2D eigenvalue weighted by atomic mass is 16.2. The zero-order valence-corrected chi connectivity index (χ0v) is 12.0. The molecule has 0 radical (unpaired) electrons. The van der Waals surface area contributed by atoms with Crippen molar-refractivity contribution in [2.45, 2.75) is 39.2 Å². The molecule has 1 aromatic rings. The van der Waals surface area contributed by atoms with Gasteiger partial charge in [-0.1, -0.05) is 19.1 Å². The number of nitrogens with zero attached hydrogens (tertiary/aromatic N) is 2. The third-order valence-electron chi connectivity index (χ3n) is 4.01. The topological polar surface area (TPSA) is 81.1 Å². The predicted molar refractivity (Wildman–Crippen MR) is 76.6 cm³/mol. The number of fused-ring (bicyclic) bond motifs is 1. The highest BCUT2D eigenvalue weighted by molar-refractivity contribution is 5.99. The highest BCUT2D eigenvalue weighted by Crippen LogP contribution is 2.17. The first-order valence-electron chi connectivity index (χ1n) is 7.12. The number of amides is 2. The summed E-state index contributed by atoms with van der Waals surface area (Å²) < 4.78 is 1.42. The van der Waals surface area contributed by atoms with E-state index < -0.39 is 11.9 Å². The Morgan fingerprint density at radius 3 is 2.81 bits per heavy atom. The van der Waals surface area contributed by atoms with E-state index in [4.69, 9.17) is 0 Å². The van der Waals surface area contributed by atoms with Gasteiger partial charge < -0.3 is 0 Å². The maximum Gasteiger partial charge on any atom is 0.261 e. The summed E-state index contributed by atoms with van der Waals surface area (Å²) in [5.74, 6) is 0.0739. The minimum absolute atomic E-state index is 0.199. The predicted octanol–water partition coefficient (Wildman–Crippen LogP) is -0.870. The molecule has 21 heavy (non-hydrogen) atoms. The first kappa shape index (κ1) is 13.7. The molecule has 2 amide bonds. The lowest BCUT2D eigenvalue weighted by molar-refractivity contribution is -0.135. The lowest BCUT2D eigenvalue weighted by Crippen LogP contribution is -2.53. The van der Waals surface area contributed by atoms with Gasteiger partial charge in [0, 0.05) is 6.42 Å². The van der Waals surface area contributed by atoms with Crippen molar-refractivity contribution in [1.82, 2.24) is 14.9 Å². The second kappa shape index (κ2) is 4.95. The van der Waals surface area contributed by atoms with Crippen molar-refractivity contribution in [2.24, 2.45) is 5.92 Å². The maximum absolute atomic E-state index is 12.7. The molecular formula is C15H17N3O3. The Labute approximate surface area is 121 Å². The van der Waals surface area contributed by atoms with Gasteiger partial charge in [-0.3, -0.25) is 24.3 Å². The Morgan fingerprint density at radius 2 is 2.10 bits per heavy atom. The quantitative estimate of drug-likeness (QED) is 0.681. The van der Waals surface area contributed by atoms with Crippen LogP contribution >= 0.6 is 0 Å². The van der Waals surface area contributed by atoms with Gasteiger partial charge in [-0.25, -0.2) is 4.98 Å². The summed E-state index contributed by atoms with van der Waals surface area (Å²) in [7, 11) is 0. The molecule has 2 heterocycles. The minimum atomic E-state index is -0.654. The molecule has 1 N–H and O–H groups in total. The van der Waals surface area contributed by atoms with Gasteiger partial charge in [-0.2, -0.15) is 0 Å². The number of aromatic nitrogens is 2. The van der Waals surface area contributed by atoms with E-state index in [1.807, 2.05) is 19.1 Å². The fourth-order valence-electron chi connectivity index (χ4n) is 2.93. The molecule has 6 heteroatoms. The summed E-state index contributed by atoms with van der Waals surface area (Å²) >= 11 is 0. The van der Waals surface area contributed by atoms with Gasteiger partial charge in [-0.15, -0.1) is 0 Å². The van der Waals surface area contributed by atoms with Crippen LogP contribution in [-0.4, -0.2) is 21.4 Å². The number of hydrogen-bond acceptors (Lipinski definition) is 4. The van der Waals surface area contributed by atoms with Crippen LogP contribution in [0.3, 0.4) is 0 Å². The van der Waals surface area contributed by atoms with E-state index in [-0.39, 0.29) is 23.8 Å². The van der Waals surface area contributed by atoms with Crippen LogP contribution < -0.4 is 21.4 Å². The third-order valence-corrected chi connectivity index (χ3v) is 4.01. The highest BCUT2D eigenvalue weighted by Gasteiger charge is 2.30. The van der Waals surface area contributed by atoms with Crippen molar-refractivity contribution < 1.29 is 9.59 Å². The number of aryl methyl sites for hydroxylation is 1. The average molecular weight is 287 g/mol. The van der Waals surface area contributed by atoms with E-state index in [0.717, 1.165) is 6.42 Å². The zero-order chi connectivity index (χ0) is 15.1. The normalized spacial score (nSPS) is 24.7. The summed E-state index contributed by atoms with van der Waals surface area (Å²) in [4.78, 5) is 40.4. The molecule has 110 valence electrons. The van der Waals surface area contributed by atoms with E-state index in [2.05, 4.69) is 10.3 Å². The maximum atomic E-state index is 12.7. The van der Waals surface area contributed by atoms with Crippen LogP contribution in [0.25, 0.3) is 12.2 Å². The molecule has 6 nitrogen and oxygen atoms in total. The molecule has 0 aromatic carbocycles. The summed E-state index contributed by atoms with van der Waals surface area (Å²) in [6.45, 7) is 3.76. The van der Waals surface area contributed by atoms with Gasteiger partial charge in [0.15, 0.2) is 0 Å². The molecule has 1 aliphatic heterocycles. The number of nitrogens with one attached hydrogen (secondary N) is 1. The molecule has 1 saturated heterocycles.